The smallest absolute Gasteiger partial charge is 0.301 e. The molecule has 0 saturated heterocycles. The second kappa shape index (κ2) is 7.10. The van der Waals surface area contributed by atoms with E-state index in [4.69, 9.17) is 5.26 Å². The van der Waals surface area contributed by atoms with Crippen LogP contribution in [0.15, 0.2) is 0 Å². The van der Waals surface area contributed by atoms with Crippen LogP contribution in [0.5, 0.6) is 0 Å². The highest BCUT2D eigenvalue weighted by atomic mass is 17.1. The minimum Gasteiger partial charge on any atom is -0.301 e. The van der Waals surface area contributed by atoms with E-state index in [0.717, 1.165) is 19.3 Å². The maximum absolute atomic E-state index is 10.7. The lowest BCUT2D eigenvalue weighted by Gasteiger charge is -2.05. The topological polar surface area (TPSA) is 46.5 Å². The molecule has 1 N–H and O–H groups in total. The van der Waals surface area contributed by atoms with E-state index in [9.17, 15) is 4.79 Å². The number of hydrogen-bond donors (Lipinski definition) is 1. The zero-order valence-electron chi connectivity index (χ0n) is 7.88. The molecular weight excluding hydrogens is 156 g/mol. The quantitative estimate of drug-likeness (QED) is 0.382. The normalized spacial score (nSPS) is 12.6. The molecule has 0 fully saturated rings. The van der Waals surface area contributed by atoms with Crippen molar-refractivity contribution < 1.29 is 14.9 Å². The molecule has 0 radical (unpaired) electrons. The molecule has 0 spiro atoms. The van der Waals surface area contributed by atoms with E-state index in [-0.39, 0.29) is 5.92 Å². The van der Waals surface area contributed by atoms with Crippen LogP contribution in [0.1, 0.15) is 46.0 Å². The van der Waals surface area contributed by atoms with Crippen LogP contribution >= 0.6 is 0 Å². The van der Waals surface area contributed by atoms with Gasteiger partial charge < -0.3 is 4.89 Å². The van der Waals surface area contributed by atoms with Crippen molar-refractivity contribution in [1.29, 1.82) is 0 Å². The highest BCUT2D eigenvalue weighted by Crippen LogP contribution is 2.11. The minimum atomic E-state index is -0.522. The van der Waals surface area contributed by atoms with Crippen molar-refractivity contribution in [2.75, 3.05) is 0 Å². The van der Waals surface area contributed by atoms with E-state index < -0.39 is 5.97 Å². The highest BCUT2D eigenvalue weighted by molar-refractivity contribution is 5.71. The van der Waals surface area contributed by atoms with Gasteiger partial charge in [-0.05, 0) is 6.42 Å². The summed E-state index contributed by atoms with van der Waals surface area (Å²) in [5.74, 6) is -0.696. The SMILES string of the molecule is CCCCCCC(C)C(=O)OO. The fourth-order valence-electron chi connectivity index (χ4n) is 1.09. The number of unbranched alkanes of at least 4 members (excludes halogenated alkanes) is 3. The van der Waals surface area contributed by atoms with Gasteiger partial charge in [0.15, 0.2) is 0 Å². The third-order valence-corrected chi connectivity index (χ3v) is 1.98. The summed E-state index contributed by atoms with van der Waals surface area (Å²) in [6.07, 6.45) is 5.39. The van der Waals surface area contributed by atoms with E-state index in [1.807, 2.05) is 0 Å². The molecule has 0 bridgehead atoms. The summed E-state index contributed by atoms with van der Waals surface area (Å²) in [6.45, 7) is 3.91. The van der Waals surface area contributed by atoms with Crippen LogP contribution < -0.4 is 0 Å². The summed E-state index contributed by atoms with van der Waals surface area (Å²) in [4.78, 5) is 14.3. The molecule has 0 aromatic rings. The Balaban J connectivity index is 3.31. The van der Waals surface area contributed by atoms with Gasteiger partial charge in [-0.1, -0.05) is 39.5 Å². The Morgan fingerprint density at radius 1 is 1.42 bits per heavy atom. The Morgan fingerprint density at radius 2 is 2.08 bits per heavy atom. The van der Waals surface area contributed by atoms with Crippen LogP contribution in [0.25, 0.3) is 0 Å². The van der Waals surface area contributed by atoms with E-state index in [0.29, 0.717) is 0 Å². The highest BCUT2D eigenvalue weighted by Gasteiger charge is 2.13. The lowest BCUT2D eigenvalue weighted by atomic mass is 10.0. The van der Waals surface area contributed by atoms with Crippen molar-refractivity contribution in [1.82, 2.24) is 0 Å². The third kappa shape index (κ3) is 5.13. The molecule has 12 heavy (non-hydrogen) atoms. The van der Waals surface area contributed by atoms with Gasteiger partial charge in [-0.3, -0.25) is 0 Å². The van der Waals surface area contributed by atoms with Gasteiger partial charge in [-0.2, -0.15) is 5.26 Å². The molecule has 72 valence electrons. The van der Waals surface area contributed by atoms with Crippen molar-refractivity contribution in [3.63, 3.8) is 0 Å². The van der Waals surface area contributed by atoms with Gasteiger partial charge in [0.2, 0.25) is 0 Å². The molecule has 1 unspecified atom stereocenters. The number of hydrogen-bond acceptors (Lipinski definition) is 3. The van der Waals surface area contributed by atoms with Crippen LogP contribution in [0.4, 0.5) is 0 Å². The van der Waals surface area contributed by atoms with Gasteiger partial charge in [-0.25, -0.2) is 4.79 Å². The average Bonchev–Trinajstić information content (AvgIpc) is 2.10. The first-order chi connectivity index (χ1) is 5.72. The average molecular weight is 174 g/mol. The fourth-order valence-corrected chi connectivity index (χ4v) is 1.09. The summed E-state index contributed by atoms with van der Waals surface area (Å²) >= 11 is 0. The summed E-state index contributed by atoms with van der Waals surface area (Å²) < 4.78 is 0. The molecule has 3 nitrogen and oxygen atoms in total. The molecule has 0 aromatic heterocycles. The Labute approximate surface area is 73.7 Å². The maximum Gasteiger partial charge on any atom is 0.344 e. The molecular formula is C9H18O3. The standard InChI is InChI=1S/C9H18O3/c1-3-4-5-6-7-8(2)9(10)12-11/h8,11H,3-7H2,1-2H3. The number of carbonyl (C=O) groups is 1. The van der Waals surface area contributed by atoms with Gasteiger partial charge in [0.05, 0.1) is 5.92 Å². The second-order valence-corrected chi connectivity index (χ2v) is 3.16. The second-order valence-electron chi connectivity index (χ2n) is 3.16. The first kappa shape index (κ1) is 11.4. The molecule has 0 heterocycles. The summed E-state index contributed by atoms with van der Waals surface area (Å²) in [6, 6.07) is 0. The zero-order chi connectivity index (χ0) is 9.40. The molecule has 1 atom stereocenters. The van der Waals surface area contributed by atoms with Crippen molar-refractivity contribution >= 4 is 5.97 Å². The summed E-state index contributed by atoms with van der Waals surface area (Å²) in [5, 5.41) is 8.06. The zero-order valence-corrected chi connectivity index (χ0v) is 7.88. The van der Waals surface area contributed by atoms with E-state index in [1.54, 1.807) is 6.92 Å². The summed E-state index contributed by atoms with van der Waals surface area (Å²) in [5.41, 5.74) is 0. The summed E-state index contributed by atoms with van der Waals surface area (Å²) in [7, 11) is 0. The third-order valence-electron chi connectivity index (χ3n) is 1.98. The number of rotatable bonds is 6. The van der Waals surface area contributed by atoms with Gasteiger partial charge in [0.1, 0.15) is 0 Å². The Bertz CT molecular complexity index is 123. The molecule has 0 aliphatic carbocycles. The van der Waals surface area contributed by atoms with Crippen LogP contribution in [-0.4, -0.2) is 11.2 Å². The molecule has 0 amide bonds. The predicted molar refractivity (Wildman–Crippen MR) is 46.6 cm³/mol. The van der Waals surface area contributed by atoms with Gasteiger partial charge in [0.25, 0.3) is 0 Å². The van der Waals surface area contributed by atoms with Crippen LogP contribution in [0.3, 0.4) is 0 Å². The molecule has 0 aromatic carbocycles. The molecule has 0 saturated carbocycles. The largest absolute Gasteiger partial charge is 0.344 e. The van der Waals surface area contributed by atoms with Crippen LogP contribution in [0.2, 0.25) is 0 Å². The molecule has 3 heteroatoms. The van der Waals surface area contributed by atoms with Gasteiger partial charge in [0, 0.05) is 0 Å². The molecule has 0 aliphatic rings. The molecule has 0 aliphatic heterocycles. The predicted octanol–water partition coefficient (Wildman–Crippen LogP) is 2.61. The minimum absolute atomic E-state index is 0.174. The van der Waals surface area contributed by atoms with Crippen LogP contribution in [0, 0.1) is 5.92 Å². The van der Waals surface area contributed by atoms with E-state index >= 15 is 0 Å². The maximum atomic E-state index is 10.7. The van der Waals surface area contributed by atoms with Crippen molar-refractivity contribution in [2.45, 2.75) is 46.0 Å². The fraction of sp³-hybridized carbons (Fsp3) is 0.889. The monoisotopic (exact) mass is 174 g/mol. The van der Waals surface area contributed by atoms with Gasteiger partial charge in [-0.15, -0.1) is 0 Å². The van der Waals surface area contributed by atoms with Crippen LogP contribution in [-0.2, 0) is 9.68 Å². The Kier molecular flexibility index (Phi) is 6.76. The van der Waals surface area contributed by atoms with Crippen molar-refractivity contribution in [3.8, 4) is 0 Å². The lowest BCUT2D eigenvalue weighted by Crippen LogP contribution is -2.12. The Hall–Kier alpha value is -0.570. The lowest BCUT2D eigenvalue weighted by molar-refractivity contribution is -0.238. The van der Waals surface area contributed by atoms with E-state index in [2.05, 4.69) is 11.8 Å². The molecule has 0 rings (SSSR count). The van der Waals surface area contributed by atoms with Crippen molar-refractivity contribution in [3.05, 3.63) is 0 Å². The van der Waals surface area contributed by atoms with Gasteiger partial charge >= 0.3 is 5.97 Å². The van der Waals surface area contributed by atoms with E-state index in [1.165, 1.54) is 12.8 Å². The van der Waals surface area contributed by atoms with Crippen molar-refractivity contribution in [2.24, 2.45) is 5.92 Å². The first-order valence-corrected chi connectivity index (χ1v) is 4.57. The first-order valence-electron chi connectivity index (χ1n) is 4.57. The number of carbonyl (C=O) groups excluding carboxylic acids is 1. The Morgan fingerprint density at radius 3 is 2.58 bits per heavy atom.